The maximum absolute atomic E-state index is 9.67. The number of benzene rings is 1. The number of ether oxygens (including phenoxy) is 1. The van der Waals surface area contributed by atoms with Crippen LogP contribution in [0.2, 0.25) is 0 Å². The highest BCUT2D eigenvalue weighted by molar-refractivity contribution is 5.38. The van der Waals surface area contributed by atoms with Crippen molar-refractivity contribution in [2.45, 2.75) is 31.3 Å². The van der Waals surface area contributed by atoms with Crippen molar-refractivity contribution in [3.05, 3.63) is 41.5 Å². The number of aromatic nitrogens is 3. The molecule has 1 saturated carbocycles. The van der Waals surface area contributed by atoms with Crippen molar-refractivity contribution in [2.24, 2.45) is 13.0 Å². The van der Waals surface area contributed by atoms with Gasteiger partial charge in [0.15, 0.2) is 5.82 Å². The van der Waals surface area contributed by atoms with E-state index >= 15 is 0 Å². The molecular formula is C17H22N4O2. The molecule has 2 aliphatic rings. The normalized spacial score (nSPS) is 23.4. The molecule has 1 fully saturated rings. The van der Waals surface area contributed by atoms with Crippen LogP contribution < -0.4 is 10.1 Å². The summed E-state index contributed by atoms with van der Waals surface area (Å²) in [5, 5.41) is 17.7. The highest BCUT2D eigenvalue weighted by atomic mass is 16.5. The van der Waals surface area contributed by atoms with Gasteiger partial charge in [-0.2, -0.15) is 5.10 Å². The van der Waals surface area contributed by atoms with Crippen molar-refractivity contribution in [1.29, 1.82) is 0 Å². The Morgan fingerprint density at radius 3 is 2.96 bits per heavy atom. The molecule has 1 aromatic heterocycles. The summed E-state index contributed by atoms with van der Waals surface area (Å²) in [6, 6.07) is 8.07. The number of fused-ring (bicyclic) bond motifs is 1. The molecule has 0 spiro atoms. The van der Waals surface area contributed by atoms with Gasteiger partial charge in [-0.15, -0.1) is 0 Å². The maximum Gasteiger partial charge on any atom is 0.154 e. The van der Waals surface area contributed by atoms with Crippen molar-refractivity contribution < 1.29 is 9.84 Å². The number of hydrogen-bond donors (Lipinski definition) is 2. The second-order valence-corrected chi connectivity index (χ2v) is 6.43. The van der Waals surface area contributed by atoms with Crippen LogP contribution in [0, 0.1) is 5.92 Å². The maximum atomic E-state index is 9.67. The Balaban J connectivity index is 1.52. The molecule has 2 N–H and O–H groups in total. The molecule has 2 atom stereocenters. The summed E-state index contributed by atoms with van der Waals surface area (Å²) in [5.41, 5.74) is 1.10. The van der Waals surface area contributed by atoms with Crippen LogP contribution in [-0.4, -0.2) is 33.1 Å². The van der Waals surface area contributed by atoms with E-state index in [-0.39, 0.29) is 18.6 Å². The van der Waals surface area contributed by atoms with Crippen molar-refractivity contribution in [3.63, 3.8) is 0 Å². The van der Waals surface area contributed by atoms with Gasteiger partial charge in [0.05, 0.1) is 19.8 Å². The average molecular weight is 314 g/mol. The number of aliphatic hydroxyl groups is 1. The average Bonchev–Trinajstić information content (AvgIpc) is 3.36. The second-order valence-electron chi connectivity index (χ2n) is 6.43. The molecule has 4 rings (SSSR count). The first-order valence-electron chi connectivity index (χ1n) is 8.22. The smallest absolute Gasteiger partial charge is 0.154 e. The first-order valence-corrected chi connectivity index (χ1v) is 8.22. The van der Waals surface area contributed by atoms with Gasteiger partial charge >= 0.3 is 0 Å². The third-order valence-electron chi connectivity index (χ3n) is 4.71. The van der Waals surface area contributed by atoms with Crippen LogP contribution in [0.15, 0.2) is 24.3 Å². The number of aliphatic hydroxyl groups excluding tert-OH is 1. The molecule has 6 nitrogen and oxygen atoms in total. The molecule has 2 heterocycles. The van der Waals surface area contributed by atoms with E-state index in [9.17, 15) is 5.11 Å². The van der Waals surface area contributed by atoms with Crippen LogP contribution in [-0.2, 0) is 13.6 Å². The van der Waals surface area contributed by atoms with E-state index in [0.29, 0.717) is 19.1 Å². The standard InChI is InChI=1S/C17H22N4O2/c1-21-15(19-17(20-21)11-6-7-11)8-18-16-12(9-22)10-23-14-5-3-2-4-13(14)16/h2-5,11-12,16,18,22H,6-10H2,1H3/t12-,16-/m1/s1. The van der Waals surface area contributed by atoms with Crippen LogP contribution in [0.5, 0.6) is 5.75 Å². The molecule has 1 aliphatic carbocycles. The Bertz CT molecular complexity index is 696. The summed E-state index contributed by atoms with van der Waals surface area (Å²) in [6.07, 6.45) is 2.41. The predicted octanol–water partition coefficient (Wildman–Crippen LogP) is 1.52. The third kappa shape index (κ3) is 2.84. The van der Waals surface area contributed by atoms with Gasteiger partial charge in [-0.05, 0) is 18.9 Å². The first-order chi connectivity index (χ1) is 11.3. The largest absolute Gasteiger partial charge is 0.493 e. The Morgan fingerprint density at radius 2 is 2.17 bits per heavy atom. The van der Waals surface area contributed by atoms with Crippen molar-refractivity contribution in [3.8, 4) is 5.75 Å². The van der Waals surface area contributed by atoms with Gasteiger partial charge in [-0.1, -0.05) is 18.2 Å². The van der Waals surface area contributed by atoms with E-state index in [0.717, 1.165) is 23.0 Å². The molecule has 0 unspecified atom stereocenters. The highest BCUT2D eigenvalue weighted by Gasteiger charge is 2.31. The van der Waals surface area contributed by atoms with E-state index in [1.807, 2.05) is 29.9 Å². The van der Waals surface area contributed by atoms with Crippen LogP contribution in [0.4, 0.5) is 0 Å². The molecule has 0 saturated heterocycles. The highest BCUT2D eigenvalue weighted by Crippen LogP contribution is 2.38. The summed E-state index contributed by atoms with van der Waals surface area (Å²) >= 11 is 0. The molecule has 23 heavy (non-hydrogen) atoms. The quantitative estimate of drug-likeness (QED) is 0.875. The Labute approximate surface area is 135 Å². The minimum absolute atomic E-state index is 0.0426. The van der Waals surface area contributed by atoms with Crippen molar-refractivity contribution >= 4 is 0 Å². The van der Waals surface area contributed by atoms with Crippen molar-refractivity contribution in [2.75, 3.05) is 13.2 Å². The molecule has 122 valence electrons. The zero-order valence-electron chi connectivity index (χ0n) is 13.3. The van der Waals surface area contributed by atoms with Gasteiger partial charge in [0.1, 0.15) is 11.6 Å². The van der Waals surface area contributed by atoms with Gasteiger partial charge in [-0.25, -0.2) is 4.98 Å². The summed E-state index contributed by atoms with van der Waals surface area (Å²) in [5.74, 6) is 3.40. The third-order valence-corrected chi connectivity index (χ3v) is 4.71. The lowest BCUT2D eigenvalue weighted by Gasteiger charge is -2.33. The van der Waals surface area contributed by atoms with Crippen molar-refractivity contribution in [1.82, 2.24) is 20.1 Å². The molecule has 6 heteroatoms. The van der Waals surface area contributed by atoms with Gasteiger partial charge in [0.25, 0.3) is 0 Å². The van der Waals surface area contributed by atoms with Gasteiger partial charge in [-0.3, -0.25) is 4.68 Å². The van der Waals surface area contributed by atoms with E-state index in [4.69, 9.17) is 4.74 Å². The predicted molar refractivity (Wildman–Crippen MR) is 85.1 cm³/mol. The summed E-state index contributed by atoms with van der Waals surface area (Å²) < 4.78 is 7.60. The van der Waals surface area contributed by atoms with E-state index < -0.39 is 0 Å². The molecular weight excluding hydrogens is 292 g/mol. The van der Waals surface area contributed by atoms with Gasteiger partial charge in [0.2, 0.25) is 0 Å². The fourth-order valence-electron chi connectivity index (χ4n) is 3.16. The summed E-state index contributed by atoms with van der Waals surface area (Å²) in [6.45, 7) is 1.25. The number of para-hydroxylation sites is 1. The first kappa shape index (κ1) is 14.7. The fourth-order valence-corrected chi connectivity index (χ4v) is 3.16. The van der Waals surface area contributed by atoms with Crippen LogP contribution in [0.1, 0.15) is 42.0 Å². The lowest BCUT2D eigenvalue weighted by atomic mass is 9.91. The topological polar surface area (TPSA) is 72.2 Å². The summed E-state index contributed by atoms with van der Waals surface area (Å²) in [7, 11) is 1.94. The number of aryl methyl sites for hydroxylation is 1. The number of rotatable bonds is 5. The van der Waals surface area contributed by atoms with Gasteiger partial charge in [0, 0.05) is 30.5 Å². The van der Waals surface area contributed by atoms with Crippen LogP contribution in [0.3, 0.4) is 0 Å². The zero-order chi connectivity index (χ0) is 15.8. The number of hydrogen-bond acceptors (Lipinski definition) is 5. The monoisotopic (exact) mass is 314 g/mol. The van der Waals surface area contributed by atoms with Crippen LogP contribution in [0.25, 0.3) is 0 Å². The zero-order valence-corrected chi connectivity index (χ0v) is 13.3. The second kappa shape index (κ2) is 5.94. The van der Waals surface area contributed by atoms with E-state index in [1.54, 1.807) is 0 Å². The Kier molecular flexibility index (Phi) is 3.79. The number of nitrogens with one attached hydrogen (secondary N) is 1. The molecule has 2 aromatic rings. The number of nitrogens with zero attached hydrogens (tertiary/aromatic N) is 3. The van der Waals surface area contributed by atoms with E-state index in [1.165, 1.54) is 12.8 Å². The van der Waals surface area contributed by atoms with Gasteiger partial charge < -0.3 is 15.2 Å². The molecule has 1 aromatic carbocycles. The molecule has 0 radical (unpaired) electrons. The molecule has 0 bridgehead atoms. The minimum atomic E-state index is 0.0426. The Morgan fingerprint density at radius 1 is 1.35 bits per heavy atom. The van der Waals surface area contributed by atoms with Crippen LogP contribution >= 0.6 is 0 Å². The Hall–Kier alpha value is -1.92. The lowest BCUT2D eigenvalue weighted by Crippen LogP contribution is -2.37. The summed E-state index contributed by atoms with van der Waals surface area (Å²) in [4.78, 5) is 4.66. The SMILES string of the molecule is Cn1nc(C2CC2)nc1CN[C@H]1c2ccccc2OC[C@H]1CO. The molecule has 0 amide bonds. The fraction of sp³-hybridized carbons (Fsp3) is 0.529. The lowest BCUT2D eigenvalue weighted by molar-refractivity contribution is 0.110. The van der Waals surface area contributed by atoms with E-state index in [2.05, 4.69) is 21.5 Å². The molecule has 1 aliphatic heterocycles. The minimum Gasteiger partial charge on any atom is -0.493 e.